The number of amides is 4. The van der Waals surface area contributed by atoms with Crippen molar-refractivity contribution in [2.45, 2.75) is 131 Å². The smallest absolute Gasteiger partial charge is 0.437 e. The quantitative estimate of drug-likeness (QED) is 0.323. The number of ether oxygens (including phenoxy) is 4. The molecule has 0 unspecified atom stereocenters. The molecule has 7 rings (SSSR count). The number of hydrogen-bond donors (Lipinski definition) is 3. The lowest BCUT2D eigenvalue weighted by molar-refractivity contribution is -0.144. The molecule has 1 aromatic carbocycles. The molecule has 2 aliphatic carbocycles. The highest BCUT2D eigenvalue weighted by Gasteiger charge is 2.64. The molecule has 1 saturated heterocycles. The minimum absolute atomic E-state index is 0.0564. The van der Waals surface area contributed by atoms with E-state index in [1.165, 1.54) is 31.3 Å². The van der Waals surface area contributed by atoms with Crippen molar-refractivity contribution in [1.82, 2.24) is 25.2 Å². The number of halogens is 3. The van der Waals surface area contributed by atoms with Crippen LogP contribution in [0.5, 0.6) is 11.5 Å². The molecule has 1 aromatic heterocycles. The fourth-order valence-corrected chi connectivity index (χ4v) is 10.3. The highest BCUT2D eigenvalue weighted by atomic mass is 32.2. The highest BCUT2D eigenvalue weighted by Crippen LogP contribution is 2.51. The molecule has 19 heteroatoms. The number of fused-ring (bicyclic) bond motifs is 5. The monoisotopic (exact) mass is 863 g/mol. The molecule has 60 heavy (non-hydrogen) atoms. The van der Waals surface area contributed by atoms with Gasteiger partial charge in [0.05, 0.1) is 25.8 Å². The lowest BCUT2D eigenvalue weighted by Gasteiger charge is -2.37. The Bertz CT molecular complexity index is 2210. The predicted octanol–water partition coefficient (Wildman–Crippen LogP) is 4.84. The summed E-state index contributed by atoms with van der Waals surface area (Å²) in [5.41, 5.74) is -5.10. The molecule has 2 aromatic rings. The van der Waals surface area contributed by atoms with E-state index in [2.05, 4.69) is 20.3 Å². The first-order chi connectivity index (χ1) is 28.2. The third-order valence-corrected chi connectivity index (χ3v) is 14.3. The van der Waals surface area contributed by atoms with Crippen LogP contribution >= 0.6 is 0 Å². The zero-order valence-electron chi connectivity index (χ0n) is 34.3. The van der Waals surface area contributed by atoms with Gasteiger partial charge in [-0.3, -0.25) is 19.1 Å². The van der Waals surface area contributed by atoms with Crippen LogP contribution in [0.1, 0.15) is 96.2 Å². The number of pyridine rings is 1. The number of alkyl carbamates (subject to hydrolysis) is 1. The Balaban J connectivity index is 1.27. The Morgan fingerprint density at radius 1 is 1.07 bits per heavy atom. The summed E-state index contributed by atoms with van der Waals surface area (Å²) in [5, 5.41) is 5.84. The third kappa shape index (κ3) is 8.47. The van der Waals surface area contributed by atoms with Crippen LogP contribution in [-0.4, -0.2) is 103 Å². The summed E-state index contributed by atoms with van der Waals surface area (Å²) in [6.07, 6.45) is 0.895. The minimum Gasteiger partial charge on any atom is -0.497 e. The number of carbonyl (C=O) groups is 4. The van der Waals surface area contributed by atoms with Crippen molar-refractivity contribution in [3.05, 3.63) is 41.6 Å². The lowest BCUT2D eigenvalue weighted by atomic mass is 9.87. The number of sulfonamides is 1. The Kier molecular flexibility index (Phi) is 11.3. The lowest BCUT2D eigenvalue weighted by Crippen LogP contribution is -2.59. The molecular formula is C41H52F3N5O10S. The molecule has 0 bridgehead atoms. The molecule has 2 saturated carbocycles. The predicted molar refractivity (Wildman–Crippen MR) is 210 cm³/mol. The van der Waals surface area contributed by atoms with Gasteiger partial charge in [0.25, 0.3) is 5.91 Å². The number of allylic oxidation sites excluding steroid dienone is 1. The number of aryl methyl sites for hydroxylation is 1. The summed E-state index contributed by atoms with van der Waals surface area (Å²) >= 11 is 0. The van der Waals surface area contributed by atoms with E-state index >= 15 is 0 Å². The van der Waals surface area contributed by atoms with Crippen molar-refractivity contribution < 1.29 is 59.7 Å². The maximum atomic E-state index is 14.8. The fraction of sp³-hybridized carbons (Fsp3) is 0.634. The molecule has 3 N–H and O–H groups in total. The standard InChI is InChI=1S/C41H52F3N5O10S/c1-37(2,3)59-36(53)46-29-12-10-8-6-7-9-11-24-20-40(24,35(52)48-60(54,55)39(17-18-39)23-56-4)47-33(50)30-21-38(22-49(30)34(29)51)16-15-26-27-19-25(57-5)13-14-28(27)45-32(31(26)58-38)41(42,43)44/h9,11,13-14,19,24,29-30H,6-8,10,12,15-18,20-23H2,1-5H3,(H,46,53)(H,47,50)(H,48,52)/b11-9-/t24-,29+,30+,38-,40-/m1/s1. The number of benzene rings is 1. The van der Waals surface area contributed by atoms with Crippen molar-refractivity contribution in [3.8, 4) is 11.5 Å². The summed E-state index contributed by atoms with van der Waals surface area (Å²) in [7, 11) is -1.45. The Morgan fingerprint density at radius 2 is 1.82 bits per heavy atom. The van der Waals surface area contributed by atoms with Crippen LogP contribution in [0.25, 0.3) is 10.9 Å². The second-order valence-corrected chi connectivity index (χ2v) is 19.8. The van der Waals surface area contributed by atoms with Gasteiger partial charge in [-0.15, -0.1) is 0 Å². The molecule has 0 radical (unpaired) electrons. The van der Waals surface area contributed by atoms with Crippen molar-refractivity contribution in [2.75, 3.05) is 27.4 Å². The highest BCUT2D eigenvalue weighted by molar-refractivity contribution is 7.91. The zero-order valence-corrected chi connectivity index (χ0v) is 35.1. The maximum Gasteiger partial charge on any atom is 0.437 e. The first-order valence-electron chi connectivity index (χ1n) is 20.3. The van der Waals surface area contributed by atoms with E-state index in [9.17, 15) is 40.8 Å². The summed E-state index contributed by atoms with van der Waals surface area (Å²) < 4.78 is 94.6. The van der Waals surface area contributed by atoms with Gasteiger partial charge < -0.3 is 34.5 Å². The topological polar surface area (TPSA) is 192 Å². The summed E-state index contributed by atoms with van der Waals surface area (Å²) in [5.74, 6) is -3.19. The SMILES string of the molecule is COCC1(S(=O)(=O)NC(=O)[C@@]23C[C@H]2/C=C\CCCCC[C@H](NC(=O)OC(C)(C)C)C(=O)N2C[C@@]4(CCc5c(c(C(F)(F)F)nc6ccc(OC)cc56)O4)C[C@H]2C(=O)N3)CC1. The Hall–Kier alpha value is -4.65. The van der Waals surface area contributed by atoms with Crippen molar-refractivity contribution in [1.29, 1.82) is 0 Å². The van der Waals surface area contributed by atoms with Gasteiger partial charge in [-0.2, -0.15) is 13.2 Å². The number of nitrogens with one attached hydrogen (secondary N) is 3. The second kappa shape index (κ2) is 15.7. The summed E-state index contributed by atoms with van der Waals surface area (Å²) in [6.45, 7) is 4.51. The van der Waals surface area contributed by atoms with E-state index in [4.69, 9.17) is 18.9 Å². The van der Waals surface area contributed by atoms with Crippen molar-refractivity contribution in [2.24, 2.45) is 5.92 Å². The fourth-order valence-electron chi connectivity index (χ4n) is 8.71. The van der Waals surface area contributed by atoms with Gasteiger partial charge in [0, 0.05) is 30.4 Å². The van der Waals surface area contributed by atoms with Gasteiger partial charge in [0.15, 0.2) is 11.4 Å². The summed E-state index contributed by atoms with van der Waals surface area (Å²) in [6, 6.07) is 1.91. The molecule has 328 valence electrons. The molecule has 5 atom stereocenters. The van der Waals surface area contributed by atoms with Crippen LogP contribution in [0.4, 0.5) is 18.0 Å². The van der Waals surface area contributed by atoms with Crippen LogP contribution in [0.2, 0.25) is 0 Å². The third-order valence-electron chi connectivity index (χ3n) is 12.2. The van der Waals surface area contributed by atoms with Crippen molar-refractivity contribution in [3.63, 3.8) is 0 Å². The number of carbonyl (C=O) groups excluding carboxylic acids is 4. The van der Waals surface area contributed by atoms with Crippen LogP contribution < -0.4 is 24.8 Å². The number of aromatic nitrogens is 1. The van der Waals surface area contributed by atoms with Crippen LogP contribution in [0.15, 0.2) is 30.4 Å². The van der Waals surface area contributed by atoms with Gasteiger partial charge in [-0.05, 0) is 90.3 Å². The Labute approximate surface area is 346 Å². The summed E-state index contributed by atoms with van der Waals surface area (Å²) in [4.78, 5) is 61.8. The number of hydrogen-bond acceptors (Lipinski definition) is 11. The molecule has 1 spiro atoms. The molecular weight excluding hydrogens is 812 g/mol. The van der Waals surface area contributed by atoms with Gasteiger partial charge >= 0.3 is 12.3 Å². The molecule has 5 aliphatic rings. The molecule has 15 nitrogen and oxygen atoms in total. The number of nitrogens with zero attached hydrogens (tertiary/aromatic N) is 2. The van der Waals surface area contributed by atoms with Gasteiger partial charge in [-0.25, -0.2) is 18.2 Å². The van der Waals surface area contributed by atoms with Gasteiger partial charge in [0.1, 0.15) is 39.3 Å². The largest absolute Gasteiger partial charge is 0.497 e. The van der Waals surface area contributed by atoms with E-state index in [1.54, 1.807) is 32.9 Å². The molecule has 3 aliphatic heterocycles. The van der Waals surface area contributed by atoms with E-state index in [0.29, 0.717) is 36.8 Å². The van der Waals surface area contributed by atoms with Gasteiger partial charge in [0.2, 0.25) is 21.8 Å². The number of methoxy groups -OCH3 is 2. The van der Waals surface area contributed by atoms with Crippen LogP contribution in [0.3, 0.4) is 0 Å². The minimum atomic E-state index is -4.94. The van der Waals surface area contributed by atoms with E-state index < -0.39 is 90.9 Å². The van der Waals surface area contributed by atoms with Crippen molar-refractivity contribution >= 4 is 44.7 Å². The average molecular weight is 864 g/mol. The van der Waals surface area contributed by atoms with E-state index in [1.807, 2.05) is 6.08 Å². The maximum absolute atomic E-state index is 14.8. The zero-order chi connectivity index (χ0) is 43.5. The van der Waals surface area contributed by atoms with Crippen LogP contribution in [-0.2, 0) is 46.5 Å². The average Bonchev–Trinajstić information content (AvgIpc) is 4.07. The van der Waals surface area contributed by atoms with E-state index in [-0.39, 0.29) is 69.2 Å². The molecule has 4 heterocycles. The number of rotatable bonds is 7. The first kappa shape index (κ1) is 43.4. The van der Waals surface area contributed by atoms with Gasteiger partial charge in [-0.1, -0.05) is 25.0 Å². The number of alkyl halides is 3. The normalized spacial score (nSPS) is 28.5. The van der Waals surface area contributed by atoms with E-state index in [0.717, 1.165) is 0 Å². The Morgan fingerprint density at radius 3 is 2.48 bits per heavy atom. The first-order valence-corrected chi connectivity index (χ1v) is 21.8. The molecule has 4 amide bonds. The molecule has 3 fully saturated rings. The van der Waals surface area contributed by atoms with Crippen LogP contribution in [0, 0.1) is 5.92 Å². The second-order valence-electron chi connectivity index (χ2n) is 17.7.